The standard InChI is InChI=1S/C17H32N4/c1-3-16(4-2)21-12-10-15(19-21)14-20(13-11-18)17-8-6-5-7-9-17/h10,12,16-17H,3-9,11,13-14,18H2,1-2H3. The lowest BCUT2D eigenvalue weighted by Gasteiger charge is -2.33. The molecular weight excluding hydrogens is 260 g/mol. The molecule has 0 saturated heterocycles. The van der Waals surface area contributed by atoms with Gasteiger partial charge in [-0.25, -0.2) is 0 Å². The van der Waals surface area contributed by atoms with Crippen molar-refractivity contribution in [3.05, 3.63) is 18.0 Å². The zero-order valence-corrected chi connectivity index (χ0v) is 13.8. The first-order chi connectivity index (χ1) is 10.3. The van der Waals surface area contributed by atoms with Crippen molar-refractivity contribution in [1.82, 2.24) is 14.7 Å². The van der Waals surface area contributed by atoms with Gasteiger partial charge in [0, 0.05) is 31.9 Å². The van der Waals surface area contributed by atoms with Crippen LogP contribution in [0.25, 0.3) is 0 Å². The predicted octanol–water partition coefficient (Wildman–Crippen LogP) is 3.34. The van der Waals surface area contributed by atoms with Gasteiger partial charge in [0.25, 0.3) is 0 Å². The van der Waals surface area contributed by atoms with Crippen LogP contribution < -0.4 is 5.73 Å². The smallest absolute Gasteiger partial charge is 0.0765 e. The second kappa shape index (κ2) is 8.54. The molecule has 0 atom stereocenters. The lowest BCUT2D eigenvalue weighted by atomic mass is 9.94. The molecule has 0 bridgehead atoms. The largest absolute Gasteiger partial charge is 0.329 e. The molecular formula is C17H32N4. The molecule has 21 heavy (non-hydrogen) atoms. The van der Waals surface area contributed by atoms with Crippen molar-refractivity contribution >= 4 is 0 Å². The van der Waals surface area contributed by atoms with Crippen molar-refractivity contribution in [3.8, 4) is 0 Å². The first kappa shape index (κ1) is 16.5. The maximum absolute atomic E-state index is 5.82. The Labute approximate surface area is 129 Å². The third-order valence-corrected chi connectivity index (χ3v) is 4.85. The van der Waals surface area contributed by atoms with Crippen molar-refractivity contribution in [3.63, 3.8) is 0 Å². The highest BCUT2D eigenvalue weighted by molar-refractivity contribution is 5.00. The van der Waals surface area contributed by atoms with E-state index in [-0.39, 0.29) is 0 Å². The summed E-state index contributed by atoms with van der Waals surface area (Å²) in [5.74, 6) is 0. The first-order valence-electron chi connectivity index (χ1n) is 8.76. The van der Waals surface area contributed by atoms with Crippen LogP contribution in [0.15, 0.2) is 12.3 Å². The van der Waals surface area contributed by atoms with Crippen molar-refractivity contribution in [2.45, 2.75) is 77.4 Å². The molecule has 2 N–H and O–H groups in total. The molecule has 1 aromatic rings. The molecule has 0 aromatic carbocycles. The number of nitrogens with two attached hydrogens (primary N) is 1. The van der Waals surface area contributed by atoms with Gasteiger partial charge in [-0.1, -0.05) is 33.1 Å². The van der Waals surface area contributed by atoms with Crippen molar-refractivity contribution < 1.29 is 0 Å². The van der Waals surface area contributed by atoms with Crippen LogP contribution in [0.5, 0.6) is 0 Å². The van der Waals surface area contributed by atoms with Crippen LogP contribution in [0.3, 0.4) is 0 Å². The minimum atomic E-state index is 0.538. The average Bonchev–Trinajstić information content (AvgIpc) is 2.97. The Morgan fingerprint density at radius 2 is 2.00 bits per heavy atom. The zero-order chi connectivity index (χ0) is 15.1. The minimum Gasteiger partial charge on any atom is -0.329 e. The van der Waals surface area contributed by atoms with Crippen LogP contribution in [0, 0.1) is 0 Å². The van der Waals surface area contributed by atoms with Crippen LogP contribution in [0.4, 0.5) is 0 Å². The van der Waals surface area contributed by atoms with Gasteiger partial charge in [-0.2, -0.15) is 5.10 Å². The molecule has 0 amide bonds. The molecule has 4 nitrogen and oxygen atoms in total. The monoisotopic (exact) mass is 292 g/mol. The van der Waals surface area contributed by atoms with Gasteiger partial charge in [-0.05, 0) is 31.7 Å². The topological polar surface area (TPSA) is 47.1 Å². The summed E-state index contributed by atoms with van der Waals surface area (Å²) in [5, 5.41) is 4.80. The molecule has 1 aliphatic carbocycles. The second-order valence-corrected chi connectivity index (χ2v) is 6.31. The third-order valence-electron chi connectivity index (χ3n) is 4.85. The summed E-state index contributed by atoms with van der Waals surface area (Å²) in [6.45, 7) is 7.15. The molecule has 0 aliphatic heterocycles. The molecule has 2 rings (SSSR count). The van der Waals surface area contributed by atoms with Crippen molar-refractivity contribution in [2.24, 2.45) is 5.73 Å². The van der Waals surface area contributed by atoms with Crippen LogP contribution >= 0.6 is 0 Å². The fraction of sp³-hybridized carbons (Fsp3) is 0.824. The van der Waals surface area contributed by atoms with Gasteiger partial charge >= 0.3 is 0 Å². The molecule has 1 aliphatic rings. The van der Waals surface area contributed by atoms with Crippen LogP contribution in [0.1, 0.15) is 70.5 Å². The van der Waals surface area contributed by atoms with Gasteiger partial charge in [0.15, 0.2) is 0 Å². The number of nitrogens with zero attached hydrogens (tertiary/aromatic N) is 3. The van der Waals surface area contributed by atoms with E-state index in [4.69, 9.17) is 10.8 Å². The summed E-state index contributed by atoms with van der Waals surface area (Å²) in [6.07, 6.45) is 11.2. The Morgan fingerprint density at radius 1 is 1.29 bits per heavy atom. The Morgan fingerprint density at radius 3 is 2.62 bits per heavy atom. The first-order valence-corrected chi connectivity index (χ1v) is 8.76. The van der Waals surface area contributed by atoms with Crippen LogP contribution in [0.2, 0.25) is 0 Å². The van der Waals surface area contributed by atoms with E-state index in [1.165, 1.54) is 37.8 Å². The van der Waals surface area contributed by atoms with Crippen molar-refractivity contribution in [2.75, 3.05) is 13.1 Å². The number of rotatable bonds is 8. The Hall–Kier alpha value is -0.870. The highest BCUT2D eigenvalue weighted by Gasteiger charge is 2.21. The molecule has 1 aromatic heterocycles. The van der Waals surface area contributed by atoms with E-state index in [1.807, 2.05) is 0 Å². The number of aromatic nitrogens is 2. The van der Waals surface area contributed by atoms with Gasteiger partial charge in [-0.15, -0.1) is 0 Å². The van der Waals surface area contributed by atoms with Crippen molar-refractivity contribution in [1.29, 1.82) is 0 Å². The minimum absolute atomic E-state index is 0.538. The zero-order valence-electron chi connectivity index (χ0n) is 13.8. The van der Waals surface area contributed by atoms with Gasteiger partial charge < -0.3 is 5.73 Å². The predicted molar refractivity (Wildman–Crippen MR) is 88.2 cm³/mol. The molecule has 120 valence electrons. The van der Waals surface area contributed by atoms with Crippen LogP contribution in [-0.2, 0) is 6.54 Å². The molecule has 4 heteroatoms. The Balaban J connectivity index is 1.99. The summed E-state index contributed by atoms with van der Waals surface area (Å²) in [5.41, 5.74) is 7.01. The second-order valence-electron chi connectivity index (χ2n) is 6.31. The van der Waals surface area contributed by atoms with E-state index < -0.39 is 0 Å². The fourth-order valence-electron chi connectivity index (χ4n) is 3.54. The Kier molecular flexibility index (Phi) is 6.71. The average molecular weight is 292 g/mol. The summed E-state index contributed by atoms with van der Waals surface area (Å²) in [6, 6.07) is 3.43. The lowest BCUT2D eigenvalue weighted by molar-refractivity contribution is 0.150. The molecule has 0 radical (unpaired) electrons. The van der Waals surface area contributed by atoms with E-state index >= 15 is 0 Å². The summed E-state index contributed by atoms with van der Waals surface area (Å²) < 4.78 is 2.15. The lowest BCUT2D eigenvalue weighted by Crippen LogP contribution is -2.39. The number of hydrogen-bond acceptors (Lipinski definition) is 3. The van der Waals surface area contributed by atoms with E-state index in [0.29, 0.717) is 12.1 Å². The quantitative estimate of drug-likeness (QED) is 0.799. The van der Waals surface area contributed by atoms with Gasteiger partial charge in [0.05, 0.1) is 11.7 Å². The van der Waals surface area contributed by atoms with E-state index in [0.717, 1.165) is 32.5 Å². The maximum Gasteiger partial charge on any atom is 0.0765 e. The molecule has 1 saturated carbocycles. The van der Waals surface area contributed by atoms with Crippen LogP contribution in [-0.4, -0.2) is 33.8 Å². The highest BCUT2D eigenvalue weighted by atomic mass is 15.3. The molecule has 0 unspecified atom stereocenters. The normalized spacial score (nSPS) is 17.0. The summed E-state index contributed by atoms with van der Waals surface area (Å²) in [4.78, 5) is 2.55. The van der Waals surface area contributed by atoms with Gasteiger partial charge in [0.1, 0.15) is 0 Å². The molecule has 0 spiro atoms. The maximum atomic E-state index is 5.82. The van der Waals surface area contributed by atoms with E-state index in [9.17, 15) is 0 Å². The Bertz CT molecular complexity index is 391. The summed E-state index contributed by atoms with van der Waals surface area (Å²) in [7, 11) is 0. The number of hydrogen-bond donors (Lipinski definition) is 1. The summed E-state index contributed by atoms with van der Waals surface area (Å²) >= 11 is 0. The highest BCUT2D eigenvalue weighted by Crippen LogP contribution is 2.24. The fourth-order valence-corrected chi connectivity index (χ4v) is 3.54. The van der Waals surface area contributed by atoms with Gasteiger partial charge in [-0.3, -0.25) is 9.58 Å². The van der Waals surface area contributed by atoms with E-state index in [2.05, 4.69) is 35.7 Å². The SMILES string of the molecule is CCC(CC)n1ccc(CN(CCN)C2CCCCC2)n1. The van der Waals surface area contributed by atoms with Gasteiger partial charge in [0.2, 0.25) is 0 Å². The molecule has 1 fully saturated rings. The third kappa shape index (κ3) is 4.55. The molecule has 1 heterocycles. The van der Waals surface area contributed by atoms with E-state index in [1.54, 1.807) is 0 Å².